The van der Waals surface area contributed by atoms with Gasteiger partial charge in [-0.15, -0.1) is 0 Å². The summed E-state index contributed by atoms with van der Waals surface area (Å²) in [6.07, 6.45) is 5.51. The van der Waals surface area contributed by atoms with Crippen LogP contribution in [0.2, 0.25) is 5.02 Å². The molecule has 0 fully saturated rings. The van der Waals surface area contributed by atoms with Gasteiger partial charge in [0.15, 0.2) is 5.16 Å². The van der Waals surface area contributed by atoms with Crippen LogP contribution in [0, 0.1) is 0 Å². The highest BCUT2D eigenvalue weighted by Gasteiger charge is 2.15. The molecule has 0 unspecified atom stereocenters. The summed E-state index contributed by atoms with van der Waals surface area (Å²) < 4.78 is 7.01. The number of rotatable bonds is 4. The van der Waals surface area contributed by atoms with Gasteiger partial charge in [-0.05, 0) is 18.4 Å². The van der Waals surface area contributed by atoms with Gasteiger partial charge >= 0.3 is 0 Å². The van der Waals surface area contributed by atoms with E-state index in [0.717, 1.165) is 10.8 Å². The Morgan fingerprint density at radius 1 is 1.32 bits per heavy atom. The van der Waals surface area contributed by atoms with E-state index in [1.807, 2.05) is 40.9 Å². The number of ether oxygens (including phenoxy) is 1. The first-order valence-corrected chi connectivity index (χ1v) is 8.06. The number of aromatic nitrogens is 4. The minimum Gasteiger partial charge on any atom is -0.497 e. The zero-order valence-corrected chi connectivity index (χ0v) is 13.9. The minimum absolute atomic E-state index is 0.537. The lowest BCUT2D eigenvalue weighted by Gasteiger charge is -2.19. The third kappa shape index (κ3) is 2.57. The average Bonchev–Trinajstić information content (AvgIpc) is 3.01. The molecule has 22 heavy (non-hydrogen) atoms. The predicted octanol–water partition coefficient (Wildman–Crippen LogP) is 3.28. The summed E-state index contributed by atoms with van der Waals surface area (Å²) in [5.41, 5.74) is 0.797. The molecule has 0 atom stereocenters. The fourth-order valence-corrected chi connectivity index (χ4v) is 2.88. The van der Waals surface area contributed by atoms with Gasteiger partial charge in [0.05, 0.1) is 17.8 Å². The van der Waals surface area contributed by atoms with E-state index in [1.54, 1.807) is 19.4 Å². The predicted molar refractivity (Wildman–Crippen MR) is 88.6 cm³/mol. The molecule has 3 aromatic rings. The van der Waals surface area contributed by atoms with Crippen LogP contribution in [0.25, 0.3) is 5.78 Å². The first-order valence-electron chi connectivity index (χ1n) is 6.46. The number of anilines is 2. The normalized spacial score (nSPS) is 10.9. The lowest BCUT2D eigenvalue weighted by molar-refractivity contribution is 0.415. The highest BCUT2D eigenvalue weighted by Crippen LogP contribution is 2.32. The topological polar surface area (TPSA) is 55.5 Å². The zero-order valence-electron chi connectivity index (χ0n) is 12.3. The summed E-state index contributed by atoms with van der Waals surface area (Å²) in [7, 11) is 3.47. The molecule has 0 saturated carbocycles. The zero-order chi connectivity index (χ0) is 15.7. The van der Waals surface area contributed by atoms with Crippen molar-refractivity contribution in [2.24, 2.45) is 0 Å². The number of benzene rings is 1. The highest BCUT2D eigenvalue weighted by molar-refractivity contribution is 7.98. The second-order valence-corrected chi connectivity index (χ2v) is 5.66. The van der Waals surface area contributed by atoms with Crippen molar-refractivity contribution >= 4 is 40.8 Å². The van der Waals surface area contributed by atoms with Crippen LogP contribution in [0.3, 0.4) is 0 Å². The van der Waals surface area contributed by atoms with Crippen molar-refractivity contribution in [2.75, 3.05) is 25.3 Å². The second-order valence-electron chi connectivity index (χ2n) is 4.48. The van der Waals surface area contributed by atoms with Crippen LogP contribution >= 0.6 is 23.4 Å². The first kappa shape index (κ1) is 14.9. The molecule has 2 aromatic heterocycles. The molecule has 0 aliphatic heterocycles. The van der Waals surface area contributed by atoms with Crippen molar-refractivity contribution in [2.45, 2.75) is 5.16 Å². The minimum atomic E-state index is 0.537. The summed E-state index contributed by atoms with van der Waals surface area (Å²) >= 11 is 7.85. The average molecular weight is 336 g/mol. The van der Waals surface area contributed by atoms with Crippen molar-refractivity contribution in [1.29, 1.82) is 0 Å². The maximum atomic E-state index is 6.32. The molecule has 0 N–H and O–H groups in total. The number of hydrogen-bond acceptors (Lipinski definition) is 6. The Kier molecular flexibility index (Phi) is 4.08. The van der Waals surface area contributed by atoms with Crippen LogP contribution < -0.4 is 9.64 Å². The molecule has 1 aromatic carbocycles. The van der Waals surface area contributed by atoms with E-state index in [0.29, 0.717) is 22.5 Å². The molecule has 0 radical (unpaired) electrons. The van der Waals surface area contributed by atoms with E-state index < -0.39 is 0 Å². The van der Waals surface area contributed by atoms with E-state index >= 15 is 0 Å². The summed E-state index contributed by atoms with van der Waals surface area (Å²) in [5, 5.41) is 1.38. The smallest absolute Gasteiger partial charge is 0.239 e. The number of thioether (sulfide) groups is 1. The van der Waals surface area contributed by atoms with Crippen LogP contribution in [-0.2, 0) is 0 Å². The standard InChI is InChI=1S/C14H14ClN5OS/c1-19(11-5-4-9(21-2)8-10(11)15)13-17-12-16-6-7-20(12)14(18-13)22-3/h4-8H,1-3H3. The number of imidazole rings is 1. The van der Waals surface area contributed by atoms with Gasteiger partial charge < -0.3 is 9.64 Å². The fraction of sp³-hybridized carbons (Fsp3) is 0.214. The van der Waals surface area contributed by atoms with Gasteiger partial charge in [0.25, 0.3) is 0 Å². The van der Waals surface area contributed by atoms with Gasteiger partial charge in [-0.3, -0.25) is 4.40 Å². The number of halogens is 1. The Balaban J connectivity index is 2.06. The third-order valence-electron chi connectivity index (χ3n) is 3.22. The van der Waals surface area contributed by atoms with E-state index in [4.69, 9.17) is 16.3 Å². The van der Waals surface area contributed by atoms with Gasteiger partial charge in [-0.1, -0.05) is 23.4 Å². The Bertz CT molecular complexity index is 822. The van der Waals surface area contributed by atoms with Crippen molar-refractivity contribution in [3.8, 4) is 5.75 Å². The summed E-state index contributed by atoms with van der Waals surface area (Å²) in [6.45, 7) is 0. The second kappa shape index (κ2) is 6.02. The molecule has 2 heterocycles. The van der Waals surface area contributed by atoms with Crippen molar-refractivity contribution in [3.63, 3.8) is 0 Å². The molecule has 0 aliphatic carbocycles. The quantitative estimate of drug-likeness (QED) is 0.682. The number of methoxy groups -OCH3 is 1. The van der Waals surface area contributed by atoms with E-state index in [-0.39, 0.29) is 0 Å². The maximum absolute atomic E-state index is 6.32. The molecule has 0 bridgehead atoms. The first-order chi connectivity index (χ1) is 10.6. The van der Waals surface area contributed by atoms with Gasteiger partial charge in [-0.2, -0.15) is 9.97 Å². The van der Waals surface area contributed by atoms with Crippen LogP contribution in [0.15, 0.2) is 35.7 Å². The number of nitrogens with zero attached hydrogens (tertiary/aromatic N) is 5. The molecule has 6 nitrogen and oxygen atoms in total. The largest absolute Gasteiger partial charge is 0.497 e. The molecular weight excluding hydrogens is 322 g/mol. The Morgan fingerprint density at radius 3 is 2.82 bits per heavy atom. The molecule has 3 rings (SSSR count). The number of fused-ring (bicyclic) bond motifs is 1. The van der Waals surface area contributed by atoms with Gasteiger partial charge in [-0.25, -0.2) is 4.98 Å². The summed E-state index contributed by atoms with van der Waals surface area (Å²) in [6, 6.07) is 5.48. The lowest BCUT2D eigenvalue weighted by atomic mass is 10.3. The van der Waals surface area contributed by atoms with Gasteiger partial charge in [0.2, 0.25) is 11.7 Å². The molecule has 0 aliphatic rings. The van der Waals surface area contributed by atoms with Gasteiger partial charge in [0.1, 0.15) is 5.75 Å². The molecule has 8 heteroatoms. The van der Waals surface area contributed by atoms with Crippen LogP contribution in [-0.4, -0.2) is 39.8 Å². The Labute approximate surface area is 137 Å². The summed E-state index contributed by atoms with van der Waals surface area (Å²) in [5.74, 6) is 1.84. The molecule has 0 saturated heterocycles. The third-order valence-corrected chi connectivity index (χ3v) is 4.18. The van der Waals surface area contributed by atoms with Crippen LogP contribution in [0.5, 0.6) is 5.75 Å². The fourth-order valence-electron chi connectivity index (χ4n) is 2.07. The van der Waals surface area contributed by atoms with E-state index in [9.17, 15) is 0 Å². The molecule has 0 amide bonds. The SMILES string of the molecule is COc1ccc(N(C)c2nc(SC)n3ccnc3n2)c(Cl)c1. The summed E-state index contributed by atoms with van der Waals surface area (Å²) in [4.78, 5) is 15.1. The Hall–Kier alpha value is -1.99. The van der Waals surface area contributed by atoms with Crippen LogP contribution in [0.1, 0.15) is 0 Å². The maximum Gasteiger partial charge on any atom is 0.239 e. The highest BCUT2D eigenvalue weighted by atomic mass is 35.5. The van der Waals surface area contributed by atoms with Crippen LogP contribution in [0.4, 0.5) is 11.6 Å². The van der Waals surface area contributed by atoms with E-state index in [1.165, 1.54) is 11.8 Å². The molecular formula is C14H14ClN5OS. The van der Waals surface area contributed by atoms with Gasteiger partial charge in [0, 0.05) is 25.5 Å². The van der Waals surface area contributed by atoms with Crippen molar-refractivity contribution < 1.29 is 4.74 Å². The van der Waals surface area contributed by atoms with E-state index in [2.05, 4.69) is 15.0 Å². The molecule has 0 spiro atoms. The monoisotopic (exact) mass is 335 g/mol. The molecule has 114 valence electrons. The lowest BCUT2D eigenvalue weighted by Crippen LogP contribution is -2.15. The van der Waals surface area contributed by atoms with Crippen molar-refractivity contribution in [3.05, 3.63) is 35.6 Å². The number of hydrogen-bond donors (Lipinski definition) is 0. The Morgan fingerprint density at radius 2 is 2.14 bits per heavy atom. The van der Waals surface area contributed by atoms with Crippen molar-refractivity contribution in [1.82, 2.24) is 19.4 Å².